The largest absolute Gasteiger partial charge is 0.468 e. The van der Waals surface area contributed by atoms with Gasteiger partial charge < -0.3 is 4.74 Å². The first-order valence-corrected chi connectivity index (χ1v) is 13.2. The Labute approximate surface area is 191 Å². The third kappa shape index (κ3) is 7.39. The fraction of sp³-hybridized carbons (Fsp3) is 0.350. The molecule has 2 rings (SSSR count). The van der Waals surface area contributed by atoms with Crippen LogP contribution in [0, 0.1) is 6.92 Å². The van der Waals surface area contributed by atoms with Crippen LogP contribution in [0.2, 0.25) is 0 Å². The first-order chi connectivity index (χ1) is 14.6. The normalized spacial score (nSPS) is 13.0. The fourth-order valence-corrected chi connectivity index (χ4v) is 6.05. The van der Waals surface area contributed by atoms with E-state index < -0.39 is 32.1 Å². The Balaban J connectivity index is 1.93. The van der Waals surface area contributed by atoms with E-state index in [-0.39, 0.29) is 22.8 Å². The zero-order valence-corrected chi connectivity index (χ0v) is 20.4. The van der Waals surface area contributed by atoms with Crippen molar-refractivity contribution in [3.63, 3.8) is 0 Å². The monoisotopic (exact) mass is 532 g/mol. The number of benzene rings is 2. The molecule has 8 nitrogen and oxygen atoms in total. The zero-order valence-electron chi connectivity index (χ0n) is 17.2. The highest BCUT2D eigenvalue weighted by Crippen LogP contribution is 2.21. The van der Waals surface area contributed by atoms with Crippen molar-refractivity contribution in [3.8, 4) is 0 Å². The van der Waals surface area contributed by atoms with Gasteiger partial charge in [0.2, 0.25) is 20.0 Å². The van der Waals surface area contributed by atoms with Crippen LogP contribution in [0.25, 0.3) is 0 Å². The third-order valence-electron chi connectivity index (χ3n) is 4.45. The van der Waals surface area contributed by atoms with E-state index >= 15 is 0 Å². The Morgan fingerprint density at radius 1 is 1.00 bits per heavy atom. The molecule has 0 saturated carbocycles. The molecule has 0 aromatic heterocycles. The van der Waals surface area contributed by atoms with Gasteiger partial charge in [0.15, 0.2) is 0 Å². The number of hydrogen-bond donors (Lipinski definition) is 2. The number of sulfonamides is 2. The second-order valence-corrected chi connectivity index (χ2v) is 11.1. The van der Waals surface area contributed by atoms with E-state index in [1.807, 2.05) is 6.92 Å². The van der Waals surface area contributed by atoms with Crippen LogP contribution in [0.4, 0.5) is 0 Å². The van der Waals surface area contributed by atoms with Crippen LogP contribution in [0.5, 0.6) is 0 Å². The van der Waals surface area contributed by atoms with Crippen molar-refractivity contribution < 1.29 is 26.4 Å². The van der Waals surface area contributed by atoms with E-state index in [1.54, 1.807) is 30.3 Å². The van der Waals surface area contributed by atoms with Crippen LogP contribution in [0.1, 0.15) is 24.8 Å². The van der Waals surface area contributed by atoms with Crippen LogP contribution in [-0.4, -0.2) is 42.5 Å². The number of methoxy groups -OCH3 is 1. The van der Waals surface area contributed by atoms with Gasteiger partial charge in [0.1, 0.15) is 6.04 Å². The van der Waals surface area contributed by atoms with Crippen LogP contribution in [0.15, 0.2) is 62.8 Å². The third-order valence-corrected chi connectivity index (χ3v) is 8.41. The minimum absolute atomic E-state index is 0.0493. The summed E-state index contributed by atoms with van der Waals surface area (Å²) in [6.45, 7) is 1.98. The van der Waals surface area contributed by atoms with Crippen LogP contribution in [0.3, 0.4) is 0 Å². The lowest BCUT2D eigenvalue weighted by Crippen LogP contribution is -2.41. The highest BCUT2D eigenvalue weighted by molar-refractivity contribution is 9.10. The molecule has 170 valence electrons. The molecular formula is C20H25BrN2O6S2. The van der Waals surface area contributed by atoms with Crippen molar-refractivity contribution in [3.05, 3.63) is 58.6 Å². The maximum absolute atomic E-state index is 12.6. The van der Waals surface area contributed by atoms with Crippen molar-refractivity contribution in [1.29, 1.82) is 0 Å². The van der Waals surface area contributed by atoms with Gasteiger partial charge in [-0.2, -0.15) is 4.72 Å². The lowest BCUT2D eigenvalue weighted by Gasteiger charge is -2.17. The predicted octanol–water partition coefficient (Wildman–Crippen LogP) is 2.73. The first-order valence-electron chi connectivity index (χ1n) is 9.48. The lowest BCUT2D eigenvalue weighted by molar-refractivity contribution is -0.142. The molecule has 0 aliphatic heterocycles. The number of halogens is 1. The Bertz CT molecular complexity index is 1100. The molecule has 0 aliphatic rings. The summed E-state index contributed by atoms with van der Waals surface area (Å²) in [5.41, 5.74) is 0.911. The van der Waals surface area contributed by atoms with Gasteiger partial charge in [0.05, 0.1) is 16.9 Å². The van der Waals surface area contributed by atoms with E-state index in [0.717, 1.165) is 5.56 Å². The molecular weight excluding hydrogens is 508 g/mol. The summed E-state index contributed by atoms with van der Waals surface area (Å²) in [5.74, 6) is -0.704. The molecule has 0 aliphatic carbocycles. The number of carbonyl (C=O) groups excluding carboxylic acids is 1. The molecule has 2 aromatic carbocycles. The summed E-state index contributed by atoms with van der Waals surface area (Å²) in [6, 6.07) is 11.6. The minimum atomic E-state index is -3.91. The quantitative estimate of drug-likeness (QED) is 0.339. The van der Waals surface area contributed by atoms with Gasteiger partial charge in [0, 0.05) is 11.0 Å². The SMILES string of the molecule is COC(=O)C(CCCCNS(=O)(=O)c1ccccc1Br)NS(=O)(=O)c1ccc(C)cc1. The Hall–Kier alpha value is -1.79. The van der Waals surface area contributed by atoms with Gasteiger partial charge in [-0.1, -0.05) is 29.8 Å². The highest BCUT2D eigenvalue weighted by Gasteiger charge is 2.26. The first kappa shape index (κ1) is 25.5. The zero-order chi connectivity index (χ0) is 23.1. The van der Waals surface area contributed by atoms with Gasteiger partial charge in [-0.3, -0.25) is 4.79 Å². The average Bonchev–Trinajstić information content (AvgIpc) is 2.72. The van der Waals surface area contributed by atoms with Crippen LogP contribution < -0.4 is 9.44 Å². The maximum atomic E-state index is 12.6. The number of rotatable bonds is 11. The summed E-state index contributed by atoms with van der Waals surface area (Å²) in [5, 5.41) is 0. The van der Waals surface area contributed by atoms with Crippen LogP contribution >= 0.6 is 15.9 Å². The molecule has 0 spiro atoms. The summed E-state index contributed by atoms with van der Waals surface area (Å²) in [4.78, 5) is 12.2. The lowest BCUT2D eigenvalue weighted by atomic mass is 10.1. The van der Waals surface area contributed by atoms with Gasteiger partial charge in [0.25, 0.3) is 0 Å². The maximum Gasteiger partial charge on any atom is 0.323 e. The molecule has 0 heterocycles. The van der Waals surface area contributed by atoms with E-state index in [1.165, 1.54) is 25.3 Å². The summed E-state index contributed by atoms with van der Waals surface area (Å²) < 4.78 is 59.9. The van der Waals surface area contributed by atoms with E-state index in [9.17, 15) is 21.6 Å². The van der Waals surface area contributed by atoms with Gasteiger partial charge in [-0.25, -0.2) is 21.6 Å². The number of aryl methyl sites for hydroxylation is 1. The molecule has 31 heavy (non-hydrogen) atoms. The van der Waals surface area contributed by atoms with Crippen molar-refractivity contribution in [2.75, 3.05) is 13.7 Å². The van der Waals surface area contributed by atoms with E-state index in [2.05, 4.69) is 25.4 Å². The topological polar surface area (TPSA) is 119 Å². The predicted molar refractivity (Wildman–Crippen MR) is 120 cm³/mol. The molecule has 1 unspecified atom stereocenters. The smallest absolute Gasteiger partial charge is 0.323 e. The number of hydrogen-bond acceptors (Lipinski definition) is 6. The van der Waals surface area contributed by atoms with E-state index in [4.69, 9.17) is 4.74 Å². The molecule has 0 bridgehead atoms. The van der Waals surface area contributed by atoms with Gasteiger partial charge in [-0.15, -0.1) is 0 Å². The number of unbranched alkanes of at least 4 members (excludes halogenated alkanes) is 1. The number of ether oxygens (including phenoxy) is 1. The average molecular weight is 533 g/mol. The summed E-state index contributed by atoms with van der Waals surface area (Å²) >= 11 is 3.21. The molecule has 0 amide bonds. The molecule has 2 aromatic rings. The van der Waals surface area contributed by atoms with Crippen molar-refractivity contribution in [1.82, 2.24) is 9.44 Å². The van der Waals surface area contributed by atoms with Gasteiger partial charge >= 0.3 is 5.97 Å². The molecule has 0 saturated heterocycles. The fourth-order valence-electron chi connectivity index (χ4n) is 2.76. The highest BCUT2D eigenvalue weighted by atomic mass is 79.9. The number of carbonyl (C=O) groups is 1. The second-order valence-electron chi connectivity index (χ2n) is 6.83. The number of nitrogens with one attached hydrogen (secondary N) is 2. The molecule has 2 N–H and O–H groups in total. The van der Waals surface area contributed by atoms with Crippen molar-refractivity contribution in [2.24, 2.45) is 0 Å². The molecule has 1 atom stereocenters. The van der Waals surface area contributed by atoms with Crippen molar-refractivity contribution in [2.45, 2.75) is 42.0 Å². The summed E-state index contributed by atoms with van der Waals surface area (Å²) in [7, 11) is -6.40. The molecule has 0 radical (unpaired) electrons. The van der Waals surface area contributed by atoms with Crippen molar-refractivity contribution >= 4 is 41.9 Å². The molecule has 0 fully saturated rings. The Kier molecular flexibility index (Phi) is 9.19. The minimum Gasteiger partial charge on any atom is -0.468 e. The van der Waals surface area contributed by atoms with Gasteiger partial charge in [-0.05, 0) is 66.4 Å². The molecule has 11 heteroatoms. The Morgan fingerprint density at radius 2 is 1.65 bits per heavy atom. The summed E-state index contributed by atoms with van der Waals surface area (Å²) in [6.07, 6.45) is 0.965. The second kappa shape index (κ2) is 11.2. The number of esters is 1. The Morgan fingerprint density at radius 3 is 2.26 bits per heavy atom. The van der Waals surface area contributed by atoms with Crippen LogP contribution in [-0.2, 0) is 29.6 Å². The van der Waals surface area contributed by atoms with E-state index in [0.29, 0.717) is 17.3 Å². The standard InChI is InChI=1S/C20H25BrN2O6S2/c1-15-10-12-16(13-11-15)30(25,26)23-18(20(24)29-2)8-5-6-14-22-31(27,28)19-9-4-3-7-17(19)21/h3-4,7,9-13,18,22-23H,5-6,8,14H2,1-2H3.